The van der Waals surface area contributed by atoms with Crippen molar-refractivity contribution in [2.75, 3.05) is 43.4 Å². The van der Waals surface area contributed by atoms with E-state index in [1.54, 1.807) is 16.8 Å². The lowest BCUT2D eigenvalue weighted by Gasteiger charge is -2.35. The van der Waals surface area contributed by atoms with Crippen molar-refractivity contribution in [2.24, 2.45) is 0 Å². The molecule has 180 valence electrons. The number of hydrogen-bond donors (Lipinski definition) is 2. The van der Waals surface area contributed by atoms with Crippen molar-refractivity contribution < 1.29 is 0 Å². The molecule has 2 fully saturated rings. The van der Waals surface area contributed by atoms with Crippen LogP contribution < -0.4 is 21.1 Å². The van der Waals surface area contributed by atoms with Crippen LogP contribution >= 0.6 is 0 Å². The Kier molecular flexibility index (Phi) is 5.59. The molecule has 3 aliphatic rings. The van der Waals surface area contributed by atoms with Gasteiger partial charge in [0, 0.05) is 62.5 Å². The zero-order valence-corrected chi connectivity index (χ0v) is 19.9. The van der Waals surface area contributed by atoms with Crippen molar-refractivity contribution >= 4 is 28.5 Å². The smallest absolute Gasteiger partial charge is 0.270 e. The van der Waals surface area contributed by atoms with Crippen LogP contribution in [0.1, 0.15) is 48.4 Å². The van der Waals surface area contributed by atoms with Gasteiger partial charge in [-0.05, 0) is 31.5 Å². The topological polar surface area (TPSA) is 115 Å². The highest BCUT2D eigenvalue weighted by Gasteiger charge is 2.26. The maximum Gasteiger partial charge on any atom is 0.270 e. The molecule has 1 saturated heterocycles. The molecular formula is C25H29N9O. The Bertz CT molecular complexity index is 1380. The SMILES string of the molecule is CN1CCN(c2cnc(Nc3ncc4cc(C#N)c(=O)n(C5CCCC5)c4n3)c3c2CNC3)CC1. The average Bonchev–Trinajstić information content (AvgIpc) is 3.57. The second kappa shape index (κ2) is 8.91. The van der Waals surface area contributed by atoms with Gasteiger partial charge in [-0.15, -0.1) is 0 Å². The molecule has 1 aliphatic carbocycles. The van der Waals surface area contributed by atoms with Crippen LogP contribution in [0.5, 0.6) is 0 Å². The molecule has 10 heteroatoms. The van der Waals surface area contributed by atoms with Gasteiger partial charge in [-0.2, -0.15) is 10.2 Å². The summed E-state index contributed by atoms with van der Waals surface area (Å²) in [7, 11) is 2.16. The molecule has 0 bridgehead atoms. The average molecular weight is 472 g/mol. The summed E-state index contributed by atoms with van der Waals surface area (Å²) in [5.74, 6) is 1.15. The number of hydrogen-bond acceptors (Lipinski definition) is 9. The summed E-state index contributed by atoms with van der Waals surface area (Å²) < 4.78 is 1.71. The van der Waals surface area contributed by atoms with E-state index in [0.29, 0.717) is 17.0 Å². The highest BCUT2D eigenvalue weighted by Crippen LogP contribution is 2.34. The number of piperazine rings is 1. The number of anilines is 3. The lowest BCUT2D eigenvalue weighted by Crippen LogP contribution is -2.44. The monoisotopic (exact) mass is 471 g/mol. The summed E-state index contributed by atoms with van der Waals surface area (Å²) >= 11 is 0. The van der Waals surface area contributed by atoms with Crippen LogP contribution in [0.2, 0.25) is 0 Å². The zero-order chi connectivity index (χ0) is 23.9. The largest absolute Gasteiger partial charge is 0.367 e. The van der Waals surface area contributed by atoms with Crippen molar-refractivity contribution in [3.8, 4) is 6.07 Å². The molecule has 0 radical (unpaired) electrons. The number of likely N-dealkylation sites (N-methyl/N-ethyl adjacent to an activating group) is 1. The second-order valence-electron chi connectivity index (χ2n) is 9.72. The third-order valence-corrected chi connectivity index (χ3v) is 7.54. The second-order valence-corrected chi connectivity index (χ2v) is 9.72. The van der Waals surface area contributed by atoms with E-state index in [9.17, 15) is 10.1 Å². The Balaban J connectivity index is 1.37. The number of nitriles is 1. The number of pyridine rings is 2. The Morgan fingerprint density at radius 2 is 1.86 bits per heavy atom. The van der Waals surface area contributed by atoms with Crippen molar-refractivity contribution in [3.63, 3.8) is 0 Å². The Labute approximate surface area is 203 Å². The van der Waals surface area contributed by atoms with Gasteiger partial charge in [0.2, 0.25) is 5.95 Å². The minimum absolute atomic E-state index is 0.0653. The molecule has 6 rings (SSSR count). The molecule has 0 amide bonds. The standard InChI is InChI=1S/C25H29N9O/c1-32-6-8-33(9-7-32)21-15-28-22(20-14-27-13-19(20)21)30-25-29-12-17-10-16(11-26)24(35)34(23(17)31-25)18-4-2-3-5-18/h10,12,15,18,27H,2-9,13-14H2,1H3,(H,28,29,30,31). The summed E-state index contributed by atoms with van der Waals surface area (Å²) in [6.45, 7) is 5.62. The number of nitrogens with zero attached hydrogens (tertiary/aromatic N) is 7. The quantitative estimate of drug-likeness (QED) is 0.591. The van der Waals surface area contributed by atoms with Gasteiger partial charge in [0.15, 0.2) is 0 Å². The molecule has 3 aromatic heterocycles. The first-order chi connectivity index (χ1) is 17.1. The van der Waals surface area contributed by atoms with Crippen molar-refractivity contribution in [1.29, 1.82) is 5.26 Å². The van der Waals surface area contributed by atoms with Crippen LogP contribution in [0.4, 0.5) is 17.5 Å². The minimum atomic E-state index is -0.267. The first-order valence-corrected chi connectivity index (χ1v) is 12.4. The molecule has 0 atom stereocenters. The summed E-state index contributed by atoms with van der Waals surface area (Å²) in [4.78, 5) is 31.8. The number of nitrogens with one attached hydrogen (secondary N) is 2. The van der Waals surface area contributed by atoms with Crippen molar-refractivity contribution in [1.82, 2.24) is 29.7 Å². The highest BCUT2D eigenvalue weighted by molar-refractivity contribution is 5.78. The lowest BCUT2D eigenvalue weighted by atomic mass is 10.1. The van der Waals surface area contributed by atoms with E-state index in [-0.39, 0.29) is 17.2 Å². The van der Waals surface area contributed by atoms with Crippen LogP contribution in [-0.4, -0.2) is 57.6 Å². The van der Waals surface area contributed by atoms with Gasteiger partial charge in [0.25, 0.3) is 5.56 Å². The number of rotatable bonds is 4. The summed E-state index contributed by atoms with van der Waals surface area (Å²) in [5, 5.41) is 17.0. The molecule has 10 nitrogen and oxygen atoms in total. The number of fused-ring (bicyclic) bond motifs is 2. The molecule has 2 N–H and O–H groups in total. The van der Waals surface area contributed by atoms with Crippen LogP contribution in [0.25, 0.3) is 11.0 Å². The first kappa shape index (κ1) is 21.9. The fourth-order valence-corrected chi connectivity index (χ4v) is 5.57. The molecule has 1 saturated carbocycles. The van der Waals surface area contributed by atoms with Crippen LogP contribution in [0, 0.1) is 11.3 Å². The molecular weight excluding hydrogens is 442 g/mol. The zero-order valence-electron chi connectivity index (χ0n) is 19.9. The summed E-state index contributed by atoms with van der Waals surface area (Å²) in [6.07, 6.45) is 7.64. The van der Waals surface area contributed by atoms with Crippen LogP contribution in [0.15, 0.2) is 23.3 Å². The number of aromatic nitrogens is 4. The van der Waals surface area contributed by atoms with E-state index < -0.39 is 0 Å². The predicted octanol–water partition coefficient (Wildman–Crippen LogP) is 2.27. The highest BCUT2D eigenvalue weighted by atomic mass is 16.1. The first-order valence-electron chi connectivity index (χ1n) is 12.4. The predicted molar refractivity (Wildman–Crippen MR) is 134 cm³/mol. The molecule has 0 spiro atoms. The van der Waals surface area contributed by atoms with E-state index in [2.05, 4.69) is 32.5 Å². The minimum Gasteiger partial charge on any atom is -0.367 e. The van der Waals surface area contributed by atoms with Crippen molar-refractivity contribution in [3.05, 3.63) is 45.5 Å². The van der Waals surface area contributed by atoms with E-state index in [4.69, 9.17) is 9.97 Å². The van der Waals surface area contributed by atoms with Gasteiger partial charge in [-0.25, -0.2) is 9.97 Å². The van der Waals surface area contributed by atoms with Gasteiger partial charge >= 0.3 is 0 Å². The fourth-order valence-electron chi connectivity index (χ4n) is 5.57. The van der Waals surface area contributed by atoms with E-state index in [1.807, 2.05) is 12.3 Å². The molecule has 5 heterocycles. The Morgan fingerprint density at radius 1 is 1.09 bits per heavy atom. The van der Waals surface area contributed by atoms with Gasteiger partial charge in [-0.3, -0.25) is 9.36 Å². The Hall–Kier alpha value is -3.55. The molecule has 2 aliphatic heterocycles. The summed E-state index contributed by atoms with van der Waals surface area (Å²) in [5.41, 5.74) is 4.05. The molecule has 0 unspecified atom stereocenters. The van der Waals surface area contributed by atoms with Gasteiger partial charge in [-0.1, -0.05) is 12.8 Å². The Morgan fingerprint density at radius 3 is 2.63 bits per heavy atom. The van der Waals surface area contributed by atoms with Crippen LogP contribution in [-0.2, 0) is 13.1 Å². The van der Waals surface area contributed by atoms with E-state index in [1.165, 1.54) is 11.3 Å². The normalized spacial score (nSPS) is 18.7. The molecule has 35 heavy (non-hydrogen) atoms. The van der Waals surface area contributed by atoms with Gasteiger partial charge in [0.05, 0.1) is 11.9 Å². The third kappa shape index (κ3) is 3.90. The fraction of sp³-hybridized carbons (Fsp3) is 0.480. The van der Waals surface area contributed by atoms with Crippen LogP contribution in [0.3, 0.4) is 0 Å². The van der Waals surface area contributed by atoms with Crippen molar-refractivity contribution in [2.45, 2.75) is 44.8 Å². The van der Waals surface area contributed by atoms with Gasteiger partial charge in [0.1, 0.15) is 23.1 Å². The van der Waals surface area contributed by atoms with Gasteiger partial charge < -0.3 is 20.4 Å². The lowest BCUT2D eigenvalue weighted by molar-refractivity contribution is 0.312. The van der Waals surface area contributed by atoms with E-state index >= 15 is 0 Å². The maximum atomic E-state index is 13.1. The van der Waals surface area contributed by atoms with E-state index in [0.717, 1.165) is 76.3 Å². The third-order valence-electron chi connectivity index (χ3n) is 7.54. The molecule has 0 aromatic carbocycles. The summed E-state index contributed by atoms with van der Waals surface area (Å²) in [6, 6.07) is 3.70. The maximum absolute atomic E-state index is 13.1. The molecule has 3 aromatic rings.